The van der Waals surface area contributed by atoms with Gasteiger partial charge >= 0.3 is 5.97 Å². The maximum atomic E-state index is 12.4. The van der Waals surface area contributed by atoms with Gasteiger partial charge in [-0.05, 0) is 32.6 Å². The van der Waals surface area contributed by atoms with Gasteiger partial charge in [0.05, 0.1) is 18.1 Å². The van der Waals surface area contributed by atoms with E-state index in [0.717, 1.165) is 43.7 Å². The molecule has 3 heterocycles. The number of piperidine rings is 1. The Morgan fingerprint density at radius 1 is 1.30 bits per heavy atom. The minimum Gasteiger partial charge on any atom is -0.477 e. The molecule has 3 fully saturated rings. The van der Waals surface area contributed by atoms with Gasteiger partial charge in [0.25, 0.3) is 0 Å². The van der Waals surface area contributed by atoms with Gasteiger partial charge in [0.15, 0.2) is 5.96 Å². The molecule has 0 aromatic heterocycles. The second-order valence-corrected chi connectivity index (χ2v) is 10.3. The lowest BCUT2D eigenvalue weighted by Gasteiger charge is -2.46. The number of guanidine groups is 1. The molecule has 4 aliphatic rings. The standard InChI is InChI=1S/C20H31N5O4S/c1-9-15-14(10(2)26)18(27)25(15)16(19(28)29)17(9)30-13-7-12(8-13)23-11-3-5-24(6-4-11)20(21)22/h9-15,23,26H,3-8H2,1-2H3,(H3,21,22)(H,28,29)/t9-,10-,12-,13+,14-,15-/m1/s1. The van der Waals surface area contributed by atoms with Crippen LogP contribution in [0.1, 0.15) is 39.5 Å². The molecule has 0 radical (unpaired) electrons. The number of amides is 1. The minimum atomic E-state index is -1.06. The molecule has 1 amide bonds. The zero-order chi connectivity index (χ0) is 21.7. The number of β-lactam (4-membered cyclic amide) rings is 1. The first kappa shape index (κ1) is 21.5. The van der Waals surface area contributed by atoms with E-state index in [1.54, 1.807) is 18.7 Å². The van der Waals surface area contributed by atoms with E-state index in [1.165, 1.54) is 4.90 Å². The predicted molar refractivity (Wildman–Crippen MR) is 114 cm³/mol. The summed E-state index contributed by atoms with van der Waals surface area (Å²) in [6.45, 7) is 5.18. The van der Waals surface area contributed by atoms with Gasteiger partial charge in [0.1, 0.15) is 5.70 Å². The number of aliphatic hydroxyl groups excluding tert-OH is 1. The van der Waals surface area contributed by atoms with Crippen molar-refractivity contribution in [3.8, 4) is 0 Å². The van der Waals surface area contributed by atoms with Gasteiger partial charge in [-0.2, -0.15) is 0 Å². The number of aliphatic hydroxyl groups is 1. The van der Waals surface area contributed by atoms with Gasteiger partial charge in [-0.3, -0.25) is 10.2 Å². The van der Waals surface area contributed by atoms with E-state index >= 15 is 0 Å². The van der Waals surface area contributed by atoms with E-state index in [-0.39, 0.29) is 29.5 Å². The summed E-state index contributed by atoms with van der Waals surface area (Å²) < 4.78 is 0. The van der Waals surface area contributed by atoms with Gasteiger partial charge in [0.2, 0.25) is 5.91 Å². The number of fused-ring (bicyclic) bond motifs is 1. The van der Waals surface area contributed by atoms with Crippen LogP contribution in [0.5, 0.6) is 0 Å². The van der Waals surface area contributed by atoms with E-state index in [4.69, 9.17) is 11.1 Å². The second-order valence-electron chi connectivity index (χ2n) is 8.99. The zero-order valence-electron chi connectivity index (χ0n) is 17.4. The Morgan fingerprint density at radius 3 is 2.47 bits per heavy atom. The fraction of sp³-hybridized carbons (Fsp3) is 0.750. The monoisotopic (exact) mass is 437 g/mol. The minimum absolute atomic E-state index is 0.0682. The number of thioether (sulfide) groups is 1. The summed E-state index contributed by atoms with van der Waals surface area (Å²) in [4.78, 5) is 28.4. The van der Waals surface area contributed by atoms with Crippen molar-refractivity contribution in [2.24, 2.45) is 17.6 Å². The summed E-state index contributed by atoms with van der Waals surface area (Å²) in [5, 5.41) is 31.2. The van der Waals surface area contributed by atoms with E-state index in [2.05, 4.69) is 5.32 Å². The average molecular weight is 438 g/mol. The Balaban J connectivity index is 1.32. The lowest BCUT2D eigenvalue weighted by Crippen LogP contribution is -2.63. The summed E-state index contributed by atoms with van der Waals surface area (Å²) >= 11 is 1.60. The number of carboxylic acid groups (broad SMARTS) is 1. The van der Waals surface area contributed by atoms with Crippen molar-refractivity contribution in [1.82, 2.24) is 15.1 Å². The molecule has 4 atom stereocenters. The molecule has 30 heavy (non-hydrogen) atoms. The molecule has 3 aliphatic heterocycles. The van der Waals surface area contributed by atoms with Crippen LogP contribution in [0.2, 0.25) is 0 Å². The molecule has 10 heteroatoms. The topological polar surface area (TPSA) is 143 Å². The number of hydrogen-bond acceptors (Lipinski definition) is 6. The van der Waals surface area contributed by atoms with E-state index < -0.39 is 18.0 Å². The van der Waals surface area contributed by atoms with Crippen LogP contribution in [0.15, 0.2) is 10.6 Å². The number of nitrogens with two attached hydrogens (primary N) is 1. The summed E-state index contributed by atoms with van der Waals surface area (Å²) in [6.07, 6.45) is 3.11. The van der Waals surface area contributed by atoms with Gasteiger partial charge in [-0.15, -0.1) is 11.8 Å². The molecule has 0 aromatic rings. The van der Waals surface area contributed by atoms with Crippen molar-refractivity contribution in [3.63, 3.8) is 0 Å². The fourth-order valence-corrected chi connectivity index (χ4v) is 6.94. The number of carbonyl (C=O) groups excluding carboxylic acids is 1. The fourth-order valence-electron chi connectivity index (χ4n) is 5.28. The first-order valence-corrected chi connectivity index (χ1v) is 11.6. The zero-order valence-corrected chi connectivity index (χ0v) is 18.2. The van der Waals surface area contributed by atoms with Crippen molar-refractivity contribution in [3.05, 3.63) is 10.6 Å². The molecule has 6 N–H and O–H groups in total. The number of rotatable bonds is 6. The maximum Gasteiger partial charge on any atom is 0.353 e. The summed E-state index contributed by atoms with van der Waals surface area (Å²) in [7, 11) is 0. The molecule has 0 aromatic carbocycles. The van der Waals surface area contributed by atoms with E-state index in [9.17, 15) is 19.8 Å². The van der Waals surface area contributed by atoms with Crippen LogP contribution < -0.4 is 11.1 Å². The SMILES string of the molecule is C[C@@H](O)[C@H]1C(=O)N2C(C(=O)O)=C(S[C@H]3C[C@@H](NC4CCN(C(=N)N)CC4)C3)[C@H](C)[C@H]12. The van der Waals surface area contributed by atoms with Crippen LogP contribution in [0, 0.1) is 17.2 Å². The Labute approximate surface area is 180 Å². The van der Waals surface area contributed by atoms with Gasteiger partial charge in [0, 0.05) is 41.2 Å². The molecular formula is C20H31N5O4S. The summed E-state index contributed by atoms with van der Waals surface area (Å²) in [5.74, 6) is -1.77. The highest BCUT2D eigenvalue weighted by molar-refractivity contribution is 8.03. The Hall–Kier alpha value is -1.78. The smallest absolute Gasteiger partial charge is 0.353 e. The number of likely N-dealkylation sites (tertiary alicyclic amines) is 1. The van der Waals surface area contributed by atoms with Crippen LogP contribution in [0.3, 0.4) is 0 Å². The third-order valence-electron chi connectivity index (χ3n) is 7.01. The quantitative estimate of drug-likeness (QED) is 0.228. The molecule has 0 bridgehead atoms. The van der Waals surface area contributed by atoms with Crippen molar-refractivity contribution in [2.45, 2.75) is 69.0 Å². The first-order chi connectivity index (χ1) is 14.2. The predicted octanol–water partition coefficient (Wildman–Crippen LogP) is 0.352. The van der Waals surface area contributed by atoms with Crippen LogP contribution in [-0.4, -0.2) is 80.4 Å². The number of hydrogen-bond donors (Lipinski definition) is 5. The number of nitrogens with one attached hydrogen (secondary N) is 2. The van der Waals surface area contributed by atoms with Crippen molar-refractivity contribution in [1.29, 1.82) is 5.41 Å². The van der Waals surface area contributed by atoms with Crippen molar-refractivity contribution in [2.75, 3.05) is 13.1 Å². The molecular weight excluding hydrogens is 406 g/mol. The van der Waals surface area contributed by atoms with Crippen LogP contribution >= 0.6 is 11.8 Å². The van der Waals surface area contributed by atoms with Crippen LogP contribution in [0.4, 0.5) is 0 Å². The summed E-state index contributed by atoms with van der Waals surface area (Å²) in [6, 6.07) is 0.611. The highest BCUT2D eigenvalue weighted by atomic mass is 32.2. The molecule has 0 unspecified atom stereocenters. The number of carbonyl (C=O) groups is 2. The van der Waals surface area contributed by atoms with E-state index in [0.29, 0.717) is 17.3 Å². The molecule has 166 valence electrons. The largest absolute Gasteiger partial charge is 0.477 e. The molecule has 4 rings (SSSR count). The highest BCUT2D eigenvalue weighted by Crippen LogP contribution is 2.53. The number of carboxylic acids is 1. The van der Waals surface area contributed by atoms with Gasteiger partial charge < -0.3 is 31.1 Å². The Morgan fingerprint density at radius 2 is 1.93 bits per heavy atom. The molecule has 9 nitrogen and oxygen atoms in total. The lowest BCUT2D eigenvalue weighted by molar-refractivity contribution is -0.163. The lowest BCUT2D eigenvalue weighted by atomic mass is 9.79. The summed E-state index contributed by atoms with van der Waals surface area (Å²) in [5.41, 5.74) is 5.67. The molecule has 1 aliphatic carbocycles. The second kappa shape index (κ2) is 8.05. The van der Waals surface area contributed by atoms with E-state index in [1.807, 2.05) is 11.8 Å². The molecule has 1 saturated carbocycles. The number of aliphatic carboxylic acids is 1. The van der Waals surface area contributed by atoms with Crippen molar-refractivity contribution >= 4 is 29.6 Å². The molecule has 2 saturated heterocycles. The first-order valence-electron chi connectivity index (χ1n) is 10.7. The number of nitrogens with zero attached hydrogens (tertiary/aromatic N) is 2. The third kappa shape index (κ3) is 3.58. The normalized spacial score (nSPS) is 35.0. The third-order valence-corrected chi connectivity index (χ3v) is 8.54. The van der Waals surface area contributed by atoms with Crippen LogP contribution in [0.25, 0.3) is 0 Å². The highest BCUT2D eigenvalue weighted by Gasteiger charge is 2.60. The average Bonchev–Trinajstić information content (AvgIpc) is 2.89. The Kier molecular flexibility index (Phi) is 5.75. The van der Waals surface area contributed by atoms with Gasteiger partial charge in [-0.25, -0.2) is 4.79 Å². The van der Waals surface area contributed by atoms with Gasteiger partial charge in [-0.1, -0.05) is 6.92 Å². The van der Waals surface area contributed by atoms with Crippen LogP contribution in [-0.2, 0) is 9.59 Å². The maximum absolute atomic E-state index is 12.4. The molecule has 0 spiro atoms. The Bertz CT molecular complexity index is 773. The van der Waals surface area contributed by atoms with Crippen molar-refractivity contribution < 1.29 is 19.8 Å².